The van der Waals surface area contributed by atoms with Gasteiger partial charge in [0.1, 0.15) is 5.78 Å². The lowest BCUT2D eigenvalue weighted by molar-refractivity contribution is -0.253. The molecule has 0 amide bonds. The van der Waals surface area contributed by atoms with Crippen LogP contribution in [0.3, 0.4) is 0 Å². The summed E-state index contributed by atoms with van der Waals surface area (Å²) in [6, 6.07) is 0. The molecule has 1 unspecified atom stereocenters. The fraction of sp³-hybridized carbons (Fsp3) is 0.857. The van der Waals surface area contributed by atoms with Crippen LogP contribution in [0.15, 0.2) is 0 Å². The molecule has 5 heteroatoms. The smallest absolute Gasteiger partial charge is 0.380 e. The van der Waals surface area contributed by atoms with Crippen LogP contribution in [0, 0.1) is 0 Å². The standard InChI is InChI=1S/C7H11F3O2/c1-3-5(11)4-6(2,12)7(8,9)10/h12H,3-4H2,1-2H3. The van der Waals surface area contributed by atoms with Gasteiger partial charge in [-0.3, -0.25) is 4.79 Å². The summed E-state index contributed by atoms with van der Waals surface area (Å²) in [5.74, 6) is -0.600. The first-order valence-corrected chi connectivity index (χ1v) is 3.51. The first-order chi connectivity index (χ1) is 5.20. The minimum atomic E-state index is -4.74. The lowest BCUT2D eigenvalue weighted by atomic mass is 9.98. The van der Waals surface area contributed by atoms with Gasteiger partial charge in [-0.05, 0) is 6.92 Å². The molecule has 0 bridgehead atoms. The number of alkyl halides is 3. The van der Waals surface area contributed by atoms with Crippen molar-refractivity contribution in [1.29, 1.82) is 0 Å². The molecule has 72 valence electrons. The van der Waals surface area contributed by atoms with Crippen LogP contribution in [-0.4, -0.2) is 22.7 Å². The van der Waals surface area contributed by atoms with E-state index in [1.165, 1.54) is 6.92 Å². The molecule has 1 atom stereocenters. The van der Waals surface area contributed by atoms with Gasteiger partial charge < -0.3 is 5.11 Å². The lowest BCUT2D eigenvalue weighted by Crippen LogP contribution is -2.43. The van der Waals surface area contributed by atoms with E-state index in [1.54, 1.807) is 0 Å². The van der Waals surface area contributed by atoms with E-state index in [9.17, 15) is 18.0 Å². The highest BCUT2D eigenvalue weighted by molar-refractivity contribution is 5.79. The topological polar surface area (TPSA) is 37.3 Å². The summed E-state index contributed by atoms with van der Waals surface area (Å²) in [4.78, 5) is 10.6. The monoisotopic (exact) mass is 184 g/mol. The van der Waals surface area contributed by atoms with E-state index in [4.69, 9.17) is 5.11 Å². The highest BCUT2D eigenvalue weighted by Crippen LogP contribution is 2.32. The van der Waals surface area contributed by atoms with Gasteiger partial charge in [-0.15, -0.1) is 0 Å². The fourth-order valence-corrected chi connectivity index (χ4v) is 0.609. The van der Waals surface area contributed by atoms with Gasteiger partial charge in [-0.2, -0.15) is 13.2 Å². The Hall–Kier alpha value is -0.580. The average Bonchev–Trinajstić information content (AvgIpc) is 1.84. The fourth-order valence-electron chi connectivity index (χ4n) is 0.609. The second-order valence-corrected chi connectivity index (χ2v) is 2.84. The molecule has 0 aromatic heterocycles. The van der Waals surface area contributed by atoms with Crippen molar-refractivity contribution in [2.45, 2.75) is 38.5 Å². The zero-order valence-electron chi connectivity index (χ0n) is 6.90. The Morgan fingerprint density at radius 3 is 2.08 bits per heavy atom. The van der Waals surface area contributed by atoms with Gasteiger partial charge in [0.15, 0.2) is 5.60 Å². The predicted octanol–water partition coefficient (Wildman–Crippen LogP) is 1.67. The van der Waals surface area contributed by atoms with Gasteiger partial charge in [-0.25, -0.2) is 0 Å². The molecule has 0 fully saturated rings. The molecule has 0 saturated heterocycles. The largest absolute Gasteiger partial charge is 0.417 e. The average molecular weight is 184 g/mol. The summed E-state index contributed by atoms with van der Waals surface area (Å²) < 4.78 is 35.8. The van der Waals surface area contributed by atoms with Crippen LogP contribution < -0.4 is 0 Å². The van der Waals surface area contributed by atoms with E-state index in [0.29, 0.717) is 6.92 Å². The van der Waals surface area contributed by atoms with Crippen LogP contribution in [0.25, 0.3) is 0 Å². The minimum absolute atomic E-state index is 0.00618. The summed E-state index contributed by atoms with van der Waals surface area (Å²) >= 11 is 0. The number of carbonyl (C=O) groups is 1. The Morgan fingerprint density at radius 1 is 1.42 bits per heavy atom. The van der Waals surface area contributed by atoms with Crippen molar-refractivity contribution in [3.63, 3.8) is 0 Å². The normalized spacial score (nSPS) is 17.2. The Bertz CT molecular complexity index is 172. The Morgan fingerprint density at radius 2 is 1.83 bits per heavy atom. The molecule has 12 heavy (non-hydrogen) atoms. The van der Waals surface area contributed by atoms with Gasteiger partial charge in [0.2, 0.25) is 0 Å². The van der Waals surface area contributed by atoms with Crippen molar-refractivity contribution in [1.82, 2.24) is 0 Å². The van der Waals surface area contributed by atoms with Crippen LogP contribution in [0.2, 0.25) is 0 Å². The van der Waals surface area contributed by atoms with E-state index in [0.717, 1.165) is 0 Å². The number of aliphatic hydroxyl groups is 1. The van der Waals surface area contributed by atoms with Crippen molar-refractivity contribution >= 4 is 5.78 Å². The third kappa shape index (κ3) is 2.81. The first kappa shape index (κ1) is 11.4. The van der Waals surface area contributed by atoms with Crippen LogP contribution >= 0.6 is 0 Å². The second-order valence-electron chi connectivity index (χ2n) is 2.84. The molecule has 0 aromatic carbocycles. The minimum Gasteiger partial charge on any atom is -0.380 e. The van der Waals surface area contributed by atoms with E-state index in [-0.39, 0.29) is 6.42 Å². The number of ketones is 1. The molecule has 0 saturated carbocycles. The van der Waals surface area contributed by atoms with Crippen LogP contribution in [0.5, 0.6) is 0 Å². The first-order valence-electron chi connectivity index (χ1n) is 3.51. The van der Waals surface area contributed by atoms with Crippen molar-refractivity contribution in [3.05, 3.63) is 0 Å². The molecule has 0 radical (unpaired) electrons. The number of carbonyl (C=O) groups excluding carboxylic acids is 1. The number of hydrogen-bond donors (Lipinski definition) is 1. The molecule has 0 aliphatic carbocycles. The molecule has 0 spiro atoms. The number of Topliss-reactive ketones (excluding diaryl/α,β-unsaturated/α-hetero) is 1. The Kier molecular flexibility index (Phi) is 3.26. The van der Waals surface area contributed by atoms with Crippen molar-refractivity contribution < 1.29 is 23.1 Å². The molecule has 0 aromatic rings. The second kappa shape index (κ2) is 3.43. The molecule has 0 heterocycles. The quantitative estimate of drug-likeness (QED) is 0.724. The van der Waals surface area contributed by atoms with Gasteiger partial charge in [-0.1, -0.05) is 6.92 Å². The van der Waals surface area contributed by atoms with Gasteiger partial charge >= 0.3 is 6.18 Å². The summed E-state index contributed by atoms with van der Waals surface area (Å²) in [5, 5.41) is 8.81. The third-order valence-electron chi connectivity index (χ3n) is 1.55. The summed E-state index contributed by atoms with van der Waals surface area (Å²) in [5.41, 5.74) is -2.89. The highest BCUT2D eigenvalue weighted by atomic mass is 19.4. The zero-order valence-corrected chi connectivity index (χ0v) is 6.90. The zero-order chi connectivity index (χ0) is 9.99. The summed E-state index contributed by atoms with van der Waals surface area (Å²) in [6.45, 7) is 2.05. The van der Waals surface area contributed by atoms with Crippen molar-refractivity contribution in [2.24, 2.45) is 0 Å². The van der Waals surface area contributed by atoms with Gasteiger partial charge in [0.05, 0.1) is 0 Å². The van der Waals surface area contributed by atoms with Crippen LogP contribution in [-0.2, 0) is 4.79 Å². The number of rotatable bonds is 3. The molecular weight excluding hydrogens is 173 g/mol. The van der Waals surface area contributed by atoms with Crippen molar-refractivity contribution in [2.75, 3.05) is 0 Å². The molecule has 0 rings (SSSR count). The van der Waals surface area contributed by atoms with Gasteiger partial charge in [0.25, 0.3) is 0 Å². The van der Waals surface area contributed by atoms with E-state index in [1.807, 2.05) is 0 Å². The molecule has 0 aliphatic heterocycles. The lowest BCUT2D eigenvalue weighted by Gasteiger charge is -2.25. The summed E-state index contributed by atoms with van der Waals surface area (Å²) in [6.07, 6.45) is -5.60. The SMILES string of the molecule is CCC(=O)CC(C)(O)C(F)(F)F. The van der Waals surface area contributed by atoms with Crippen LogP contribution in [0.4, 0.5) is 13.2 Å². The van der Waals surface area contributed by atoms with Crippen LogP contribution in [0.1, 0.15) is 26.7 Å². The van der Waals surface area contributed by atoms with Crippen molar-refractivity contribution in [3.8, 4) is 0 Å². The number of halogens is 3. The Labute approximate surface area is 68.4 Å². The molecule has 0 aliphatic rings. The maximum Gasteiger partial charge on any atom is 0.417 e. The van der Waals surface area contributed by atoms with E-state index >= 15 is 0 Å². The van der Waals surface area contributed by atoms with Gasteiger partial charge in [0, 0.05) is 12.8 Å². The Balaban J connectivity index is 4.33. The van der Waals surface area contributed by atoms with E-state index in [2.05, 4.69) is 0 Å². The number of hydrogen-bond acceptors (Lipinski definition) is 2. The highest BCUT2D eigenvalue weighted by Gasteiger charge is 2.50. The molecular formula is C7H11F3O2. The predicted molar refractivity (Wildman–Crippen MR) is 36.6 cm³/mol. The maximum atomic E-state index is 11.9. The van der Waals surface area contributed by atoms with E-state index < -0.39 is 24.0 Å². The maximum absolute atomic E-state index is 11.9. The third-order valence-corrected chi connectivity index (χ3v) is 1.55. The molecule has 2 nitrogen and oxygen atoms in total. The summed E-state index contributed by atoms with van der Waals surface area (Å²) in [7, 11) is 0. The molecule has 1 N–H and O–H groups in total.